The van der Waals surface area contributed by atoms with Crippen LogP contribution < -0.4 is 5.32 Å². The Bertz CT molecular complexity index is 690. The topological polar surface area (TPSA) is 37.8 Å². The molecule has 2 heterocycles. The van der Waals surface area contributed by atoms with Gasteiger partial charge in [-0.2, -0.15) is 0 Å². The van der Waals surface area contributed by atoms with Gasteiger partial charge in [-0.1, -0.05) is 13.0 Å². The third kappa shape index (κ3) is 2.64. The average Bonchev–Trinajstić information content (AvgIpc) is 2.93. The lowest BCUT2D eigenvalue weighted by molar-refractivity contribution is 0.715. The minimum atomic E-state index is 0.835. The Morgan fingerprint density at radius 2 is 2.21 bits per heavy atom. The maximum Gasteiger partial charge on any atom is 0.123 e. The predicted octanol–water partition coefficient (Wildman–Crippen LogP) is 3.47. The second-order valence-corrected chi connectivity index (χ2v) is 5.19. The lowest BCUT2D eigenvalue weighted by Crippen LogP contribution is -2.11. The highest BCUT2D eigenvalue weighted by molar-refractivity contribution is 7.13. The third-order valence-corrected chi connectivity index (χ3v) is 3.90. The van der Waals surface area contributed by atoms with Crippen molar-refractivity contribution in [2.75, 3.05) is 6.54 Å². The molecule has 19 heavy (non-hydrogen) atoms. The van der Waals surface area contributed by atoms with E-state index in [1.165, 1.54) is 0 Å². The van der Waals surface area contributed by atoms with Crippen LogP contribution in [0.15, 0.2) is 41.9 Å². The molecular formula is C15H15N3S. The van der Waals surface area contributed by atoms with Crippen LogP contribution in [-0.2, 0) is 6.54 Å². The van der Waals surface area contributed by atoms with Gasteiger partial charge in [0.1, 0.15) is 5.01 Å². The summed E-state index contributed by atoms with van der Waals surface area (Å²) in [5.74, 6) is 0. The highest BCUT2D eigenvalue weighted by atomic mass is 32.1. The van der Waals surface area contributed by atoms with Gasteiger partial charge in [-0.3, -0.25) is 4.98 Å². The van der Waals surface area contributed by atoms with E-state index < -0.39 is 0 Å². The number of hydrogen-bond acceptors (Lipinski definition) is 4. The first-order chi connectivity index (χ1) is 9.36. The van der Waals surface area contributed by atoms with E-state index in [1.807, 2.05) is 12.3 Å². The Balaban J connectivity index is 1.92. The Morgan fingerprint density at radius 3 is 3.11 bits per heavy atom. The molecular weight excluding hydrogens is 254 g/mol. The molecule has 0 aliphatic carbocycles. The van der Waals surface area contributed by atoms with Crippen LogP contribution in [0.3, 0.4) is 0 Å². The van der Waals surface area contributed by atoms with Crippen molar-refractivity contribution >= 4 is 22.2 Å². The van der Waals surface area contributed by atoms with Gasteiger partial charge in [0.15, 0.2) is 0 Å². The number of hydrogen-bond donors (Lipinski definition) is 1. The number of fused-ring (bicyclic) bond motifs is 1. The molecule has 0 spiro atoms. The van der Waals surface area contributed by atoms with Crippen LogP contribution in [0.5, 0.6) is 0 Å². The summed E-state index contributed by atoms with van der Waals surface area (Å²) >= 11 is 1.69. The number of nitrogens with one attached hydrogen (secondary N) is 1. The number of benzene rings is 1. The monoisotopic (exact) mass is 269 g/mol. The Hall–Kier alpha value is -1.78. The van der Waals surface area contributed by atoms with E-state index in [0.717, 1.165) is 40.3 Å². The zero-order chi connectivity index (χ0) is 13.1. The molecule has 0 radical (unpaired) electrons. The first-order valence-corrected chi connectivity index (χ1v) is 7.25. The molecule has 1 N–H and O–H groups in total. The van der Waals surface area contributed by atoms with Gasteiger partial charge >= 0.3 is 0 Å². The molecule has 0 amide bonds. The SMILES string of the molecule is CCNCc1csc(-c2ccc3ncccc3c2)n1. The van der Waals surface area contributed by atoms with Crippen molar-refractivity contribution in [3.8, 4) is 10.6 Å². The standard InChI is InChI=1S/C15H15N3S/c1-2-16-9-13-10-19-15(18-13)12-5-6-14-11(8-12)4-3-7-17-14/h3-8,10,16H,2,9H2,1H3. The summed E-state index contributed by atoms with van der Waals surface area (Å²) in [5, 5.41) is 7.63. The summed E-state index contributed by atoms with van der Waals surface area (Å²) in [4.78, 5) is 9.00. The first kappa shape index (κ1) is 12.3. The zero-order valence-electron chi connectivity index (χ0n) is 10.8. The normalized spacial score (nSPS) is 11.0. The Morgan fingerprint density at radius 1 is 1.26 bits per heavy atom. The smallest absolute Gasteiger partial charge is 0.123 e. The van der Waals surface area contributed by atoms with Gasteiger partial charge in [0.05, 0.1) is 11.2 Å². The molecule has 0 saturated heterocycles. The lowest BCUT2D eigenvalue weighted by Gasteiger charge is -2.00. The van der Waals surface area contributed by atoms with Crippen molar-refractivity contribution in [1.29, 1.82) is 0 Å². The first-order valence-electron chi connectivity index (χ1n) is 6.37. The molecule has 4 heteroatoms. The van der Waals surface area contributed by atoms with Crippen molar-refractivity contribution in [3.05, 3.63) is 47.6 Å². The van der Waals surface area contributed by atoms with Crippen molar-refractivity contribution in [2.45, 2.75) is 13.5 Å². The minimum absolute atomic E-state index is 0.835. The fourth-order valence-corrected chi connectivity index (χ4v) is 2.80. The van der Waals surface area contributed by atoms with Crippen molar-refractivity contribution in [3.63, 3.8) is 0 Å². The van der Waals surface area contributed by atoms with Gasteiger partial charge in [-0.05, 0) is 30.8 Å². The van der Waals surface area contributed by atoms with E-state index in [0.29, 0.717) is 0 Å². The maximum atomic E-state index is 4.66. The fourth-order valence-electron chi connectivity index (χ4n) is 1.98. The quantitative estimate of drug-likeness (QED) is 0.788. The van der Waals surface area contributed by atoms with Crippen LogP contribution >= 0.6 is 11.3 Å². The van der Waals surface area contributed by atoms with Gasteiger partial charge in [0, 0.05) is 29.1 Å². The summed E-state index contributed by atoms with van der Waals surface area (Å²) in [7, 11) is 0. The number of thiazole rings is 1. The molecule has 0 aliphatic heterocycles. The van der Waals surface area contributed by atoms with Gasteiger partial charge in [0.2, 0.25) is 0 Å². The van der Waals surface area contributed by atoms with E-state index in [4.69, 9.17) is 0 Å². The van der Waals surface area contributed by atoms with Crippen LogP contribution in [0, 0.1) is 0 Å². The molecule has 1 aromatic carbocycles. The van der Waals surface area contributed by atoms with Crippen molar-refractivity contribution < 1.29 is 0 Å². The molecule has 2 aromatic heterocycles. The van der Waals surface area contributed by atoms with Crippen LogP contribution in [0.1, 0.15) is 12.6 Å². The van der Waals surface area contributed by atoms with Gasteiger partial charge < -0.3 is 5.32 Å². The van der Waals surface area contributed by atoms with Crippen LogP contribution in [0.4, 0.5) is 0 Å². The van der Waals surface area contributed by atoms with E-state index in [1.54, 1.807) is 11.3 Å². The van der Waals surface area contributed by atoms with Gasteiger partial charge in [0.25, 0.3) is 0 Å². The number of aromatic nitrogens is 2. The second-order valence-electron chi connectivity index (χ2n) is 4.34. The van der Waals surface area contributed by atoms with Crippen molar-refractivity contribution in [1.82, 2.24) is 15.3 Å². The van der Waals surface area contributed by atoms with Gasteiger partial charge in [-0.15, -0.1) is 11.3 Å². The van der Waals surface area contributed by atoms with Crippen molar-refractivity contribution in [2.24, 2.45) is 0 Å². The molecule has 3 aromatic rings. The summed E-state index contributed by atoms with van der Waals surface area (Å²) < 4.78 is 0. The zero-order valence-corrected chi connectivity index (χ0v) is 11.6. The third-order valence-electron chi connectivity index (χ3n) is 2.96. The highest BCUT2D eigenvalue weighted by Gasteiger charge is 2.05. The van der Waals surface area contributed by atoms with E-state index >= 15 is 0 Å². The van der Waals surface area contributed by atoms with E-state index in [2.05, 4.69) is 51.9 Å². The molecule has 0 bridgehead atoms. The lowest BCUT2D eigenvalue weighted by atomic mass is 10.1. The average molecular weight is 269 g/mol. The summed E-state index contributed by atoms with van der Waals surface area (Å²) in [6.45, 7) is 3.90. The number of rotatable bonds is 4. The molecule has 0 atom stereocenters. The molecule has 3 rings (SSSR count). The second kappa shape index (κ2) is 5.47. The van der Waals surface area contributed by atoms with Crippen LogP contribution in [-0.4, -0.2) is 16.5 Å². The maximum absolute atomic E-state index is 4.66. The Labute approximate surface area is 116 Å². The molecule has 0 saturated carbocycles. The van der Waals surface area contributed by atoms with Crippen LogP contribution in [0.25, 0.3) is 21.5 Å². The Kier molecular flexibility index (Phi) is 3.53. The highest BCUT2D eigenvalue weighted by Crippen LogP contribution is 2.26. The number of pyridine rings is 1. The largest absolute Gasteiger partial charge is 0.311 e. The summed E-state index contributed by atoms with van der Waals surface area (Å²) in [6.07, 6.45) is 1.82. The van der Waals surface area contributed by atoms with E-state index in [9.17, 15) is 0 Å². The predicted molar refractivity (Wildman–Crippen MR) is 80.2 cm³/mol. The molecule has 0 unspecified atom stereocenters. The van der Waals surface area contributed by atoms with E-state index in [-0.39, 0.29) is 0 Å². The summed E-state index contributed by atoms with van der Waals surface area (Å²) in [5.41, 5.74) is 3.29. The van der Waals surface area contributed by atoms with Crippen LogP contribution in [0.2, 0.25) is 0 Å². The summed E-state index contributed by atoms with van der Waals surface area (Å²) in [6, 6.07) is 10.3. The molecule has 0 fully saturated rings. The fraction of sp³-hybridized carbons (Fsp3) is 0.200. The number of nitrogens with zero attached hydrogens (tertiary/aromatic N) is 2. The molecule has 3 nitrogen and oxygen atoms in total. The minimum Gasteiger partial charge on any atom is -0.311 e. The van der Waals surface area contributed by atoms with Gasteiger partial charge in [-0.25, -0.2) is 4.98 Å². The molecule has 0 aliphatic rings. The molecule has 96 valence electrons.